The zero-order chi connectivity index (χ0) is 23.8. The van der Waals surface area contributed by atoms with Crippen molar-refractivity contribution in [2.75, 3.05) is 13.1 Å². The number of nitrogens with one attached hydrogen (secondary N) is 2. The number of aliphatic carboxylic acids is 1. The zero-order valence-electron chi connectivity index (χ0n) is 17.8. The van der Waals surface area contributed by atoms with Crippen molar-refractivity contribution in [3.63, 3.8) is 0 Å². The first-order valence-electron chi connectivity index (χ1n) is 10.7. The molecule has 1 fully saturated rings. The van der Waals surface area contributed by atoms with Crippen molar-refractivity contribution in [3.05, 3.63) is 76.0 Å². The van der Waals surface area contributed by atoms with E-state index in [2.05, 4.69) is 15.8 Å². The maximum atomic E-state index is 14.1. The summed E-state index contributed by atoms with van der Waals surface area (Å²) in [6.07, 6.45) is 0.616. The summed E-state index contributed by atoms with van der Waals surface area (Å²) < 4.78 is 38.7. The molecule has 0 radical (unpaired) electrons. The molecule has 2 aliphatic heterocycles. The van der Waals surface area contributed by atoms with Crippen LogP contribution in [0, 0.1) is 11.6 Å². The fourth-order valence-corrected chi connectivity index (χ4v) is 4.66. The van der Waals surface area contributed by atoms with Gasteiger partial charge >= 0.3 is 5.97 Å². The highest BCUT2D eigenvalue weighted by molar-refractivity contribution is 6.33. The van der Waals surface area contributed by atoms with Crippen LogP contribution in [0.3, 0.4) is 0 Å². The molecule has 0 amide bonds. The second-order valence-electron chi connectivity index (χ2n) is 8.19. The third-order valence-electron chi connectivity index (χ3n) is 5.97. The van der Waals surface area contributed by atoms with Gasteiger partial charge in [-0.15, -0.1) is 0 Å². The van der Waals surface area contributed by atoms with Crippen molar-refractivity contribution in [1.29, 1.82) is 0 Å². The van der Waals surface area contributed by atoms with Crippen LogP contribution < -0.4 is 15.4 Å². The van der Waals surface area contributed by atoms with Gasteiger partial charge < -0.3 is 25.0 Å². The van der Waals surface area contributed by atoms with E-state index in [0.29, 0.717) is 30.0 Å². The molecule has 1 aromatic heterocycles. The number of nitrogens with zero attached hydrogens (tertiary/aromatic N) is 1. The highest BCUT2D eigenvalue weighted by atomic mass is 35.5. The summed E-state index contributed by atoms with van der Waals surface area (Å²) in [4.78, 5) is 11.9. The molecular weight excluding hydrogens is 468 g/mol. The lowest BCUT2D eigenvalue weighted by molar-refractivity contribution is -0.133. The third-order valence-corrected chi connectivity index (χ3v) is 6.34. The van der Waals surface area contributed by atoms with E-state index in [9.17, 15) is 18.7 Å². The summed E-state index contributed by atoms with van der Waals surface area (Å²) in [5.74, 6) is -1.56. The van der Waals surface area contributed by atoms with Gasteiger partial charge in [-0.3, -0.25) is 0 Å². The van der Waals surface area contributed by atoms with Gasteiger partial charge in [-0.1, -0.05) is 28.9 Å². The molecule has 2 aliphatic rings. The number of ether oxygens (including phenoxy) is 1. The molecule has 2 aromatic carbocycles. The van der Waals surface area contributed by atoms with Crippen LogP contribution in [0.15, 0.2) is 52.6 Å². The highest BCUT2D eigenvalue weighted by Gasteiger charge is 2.35. The normalized spacial score (nSPS) is 19.9. The summed E-state index contributed by atoms with van der Waals surface area (Å²) in [5.41, 5.74) is 1.93. The summed E-state index contributed by atoms with van der Waals surface area (Å²) >= 11 is 5.88. The molecule has 1 saturated heterocycles. The van der Waals surface area contributed by atoms with Crippen LogP contribution in [0.5, 0.6) is 5.75 Å². The van der Waals surface area contributed by atoms with Crippen molar-refractivity contribution in [2.45, 2.75) is 25.1 Å². The van der Waals surface area contributed by atoms with Crippen LogP contribution in [0.2, 0.25) is 5.02 Å². The summed E-state index contributed by atoms with van der Waals surface area (Å²) in [6.45, 7) is 1.37. The molecule has 3 N–H and O–H groups in total. The maximum Gasteiger partial charge on any atom is 0.333 e. The Labute approximate surface area is 198 Å². The molecule has 0 spiro atoms. The highest BCUT2D eigenvalue weighted by Crippen LogP contribution is 2.34. The number of hydrogen-bond acceptors (Lipinski definition) is 6. The molecule has 5 rings (SSSR count). The lowest BCUT2D eigenvalue weighted by Gasteiger charge is -2.38. The minimum absolute atomic E-state index is 0.00368. The summed E-state index contributed by atoms with van der Waals surface area (Å²) in [6, 6.07) is 10.5. The van der Waals surface area contributed by atoms with Crippen LogP contribution in [0.4, 0.5) is 8.78 Å². The maximum absolute atomic E-state index is 14.1. The molecule has 7 nitrogen and oxygen atoms in total. The molecule has 2 atom stereocenters. The summed E-state index contributed by atoms with van der Waals surface area (Å²) in [5, 5.41) is 19.8. The van der Waals surface area contributed by atoms with E-state index in [4.69, 9.17) is 20.9 Å². The Kier molecular flexibility index (Phi) is 6.07. The van der Waals surface area contributed by atoms with Gasteiger partial charge in [0.25, 0.3) is 0 Å². The lowest BCUT2D eigenvalue weighted by Crippen LogP contribution is -2.58. The molecule has 3 heterocycles. The number of fused-ring (bicyclic) bond motifs is 2. The third kappa shape index (κ3) is 4.29. The molecule has 0 aliphatic carbocycles. The molecule has 34 heavy (non-hydrogen) atoms. The van der Waals surface area contributed by atoms with Crippen LogP contribution in [0.25, 0.3) is 16.8 Å². The Hall–Kier alpha value is -3.27. The van der Waals surface area contributed by atoms with Crippen LogP contribution >= 0.6 is 11.6 Å². The average molecular weight is 488 g/mol. The Bertz CT molecular complexity index is 1280. The fraction of sp³-hybridized carbons (Fsp3) is 0.250. The first-order chi connectivity index (χ1) is 16.4. The van der Waals surface area contributed by atoms with Gasteiger partial charge in [0.1, 0.15) is 29.7 Å². The van der Waals surface area contributed by atoms with Gasteiger partial charge in [0.15, 0.2) is 5.76 Å². The summed E-state index contributed by atoms with van der Waals surface area (Å²) in [7, 11) is 0. The number of halogens is 3. The number of aromatic nitrogens is 1. The molecule has 10 heteroatoms. The monoisotopic (exact) mass is 487 g/mol. The molecule has 0 saturated carbocycles. The SMILES string of the molecule is O=C(O)C1=C(c2ccc(OCc3cc(-c4c(F)ccc(F)c4Cl)no3)cc2)C[C@@H]2CNC[C@H]1N2. The van der Waals surface area contributed by atoms with Gasteiger partial charge in [-0.25, -0.2) is 13.6 Å². The van der Waals surface area contributed by atoms with E-state index in [0.717, 1.165) is 29.8 Å². The van der Waals surface area contributed by atoms with E-state index in [-0.39, 0.29) is 35.0 Å². The molecule has 0 unspecified atom stereocenters. The van der Waals surface area contributed by atoms with Gasteiger partial charge in [0.05, 0.1) is 22.2 Å². The first kappa shape index (κ1) is 22.5. The quantitative estimate of drug-likeness (QED) is 0.452. The Morgan fingerprint density at radius 2 is 1.94 bits per heavy atom. The Morgan fingerprint density at radius 3 is 2.71 bits per heavy atom. The predicted molar refractivity (Wildman–Crippen MR) is 120 cm³/mol. The minimum Gasteiger partial charge on any atom is -0.486 e. The second kappa shape index (κ2) is 9.17. The largest absolute Gasteiger partial charge is 0.486 e. The van der Waals surface area contributed by atoms with E-state index in [1.165, 1.54) is 6.07 Å². The van der Waals surface area contributed by atoms with Gasteiger partial charge in [0.2, 0.25) is 0 Å². The Balaban J connectivity index is 1.31. The van der Waals surface area contributed by atoms with Crippen molar-refractivity contribution in [2.24, 2.45) is 0 Å². The molecule has 176 valence electrons. The van der Waals surface area contributed by atoms with Gasteiger partial charge in [0, 0.05) is 25.2 Å². The van der Waals surface area contributed by atoms with E-state index < -0.39 is 17.6 Å². The van der Waals surface area contributed by atoms with Gasteiger partial charge in [-0.2, -0.15) is 0 Å². The molecule has 3 aromatic rings. The number of carbonyl (C=O) groups is 1. The van der Waals surface area contributed by atoms with Crippen molar-refractivity contribution < 1.29 is 27.9 Å². The number of piperazine rings is 1. The molecule has 2 bridgehead atoms. The number of rotatable bonds is 6. The number of hydrogen-bond donors (Lipinski definition) is 3. The van der Waals surface area contributed by atoms with E-state index in [1.807, 2.05) is 12.1 Å². The number of carboxylic acid groups (broad SMARTS) is 1. The van der Waals surface area contributed by atoms with Crippen LogP contribution in [-0.4, -0.2) is 41.4 Å². The van der Waals surface area contributed by atoms with Crippen molar-refractivity contribution in [1.82, 2.24) is 15.8 Å². The molecular formula is C24H20ClF2N3O4. The minimum atomic E-state index is -0.925. The standard InChI is InChI=1S/C24H20ClF2N3O4/c25-23-18(27)6-5-17(26)22(23)19-8-15(34-30-19)11-33-14-3-1-12(2-4-14)16-7-13-9-28-10-20(29-13)21(16)24(31)32/h1-6,8,13,20,28-29H,7,9-11H2,(H,31,32)/t13-,20-/m1/s1. The van der Waals surface area contributed by atoms with Crippen LogP contribution in [0.1, 0.15) is 17.7 Å². The predicted octanol–water partition coefficient (Wildman–Crippen LogP) is 4.02. The average Bonchev–Trinajstić information content (AvgIpc) is 3.29. The Morgan fingerprint density at radius 1 is 1.18 bits per heavy atom. The zero-order valence-corrected chi connectivity index (χ0v) is 18.5. The van der Waals surface area contributed by atoms with Crippen molar-refractivity contribution >= 4 is 23.1 Å². The van der Waals surface area contributed by atoms with E-state index >= 15 is 0 Å². The van der Waals surface area contributed by atoms with E-state index in [1.54, 1.807) is 12.1 Å². The van der Waals surface area contributed by atoms with Gasteiger partial charge in [-0.05, 0) is 41.8 Å². The first-order valence-corrected chi connectivity index (χ1v) is 11.0. The topological polar surface area (TPSA) is 96.6 Å². The second-order valence-corrected chi connectivity index (χ2v) is 8.56. The van der Waals surface area contributed by atoms with Crippen molar-refractivity contribution in [3.8, 4) is 17.0 Å². The number of benzene rings is 2. The smallest absolute Gasteiger partial charge is 0.333 e. The number of carboxylic acids is 1. The fourth-order valence-electron chi connectivity index (χ4n) is 4.41. The van der Waals surface area contributed by atoms with Crippen LogP contribution in [-0.2, 0) is 11.4 Å². The lowest BCUT2D eigenvalue weighted by atomic mass is 9.84.